The topological polar surface area (TPSA) is 94.0 Å². The van der Waals surface area contributed by atoms with Gasteiger partial charge in [-0.2, -0.15) is 0 Å². The van der Waals surface area contributed by atoms with Gasteiger partial charge in [-0.25, -0.2) is 4.98 Å². The van der Waals surface area contributed by atoms with Crippen molar-refractivity contribution in [3.05, 3.63) is 33.5 Å². The molecule has 114 valence electrons. The molecule has 0 bridgehead atoms. The largest absolute Gasteiger partial charge is 0.397 e. The lowest BCUT2D eigenvalue weighted by molar-refractivity contribution is 0.102. The molecular formula is C15H16N4O2S. The summed E-state index contributed by atoms with van der Waals surface area (Å²) >= 11 is 1.28. The lowest BCUT2D eigenvalue weighted by Gasteiger charge is -2.05. The van der Waals surface area contributed by atoms with E-state index in [-0.39, 0.29) is 5.91 Å². The molecule has 3 aromatic rings. The fraction of sp³-hybridized carbons (Fsp3) is 0.267. The first kappa shape index (κ1) is 14.5. The van der Waals surface area contributed by atoms with Gasteiger partial charge in [-0.05, 0) is 38.8 Å². The maximum atomic E-state index is 12.4. The third-order valence-electron chi connectivity index (χ3n) is 3.75. The molecule has 0 spiro atoms. The molecule has 0 aromatic carbocycles. The summed E-state index contributed by atoms with van der Waals surface area (Å²) in [5.41, 5.74) is 10.4. The van der Waals surface area contributed by atoms with E-state index in [0.717, 1.165) is 27.0 Å². The Labute approximate surface area is 131 Å². The number of nitrogens with two attached hydrogens (primary N) is 1. The molecule has 0 atom stereocenters. The minimum atomic E-state index is -0.314. The van der Waals surface area contributed by atoms with Gasteiger partial charge in [0.25, 0.3) is 5.91 Å². The van der Waals surface area contributed by atoms with E-state index in [2.05, 4.69) is 15.5 Å². The van der Waals surface area contributed by atoms with Crippen LogP contribution in [0.3, 0.4) is 0 Å². The van der Waals surface area contributed by atoms with E-state index < -0.39 is 0 Å². The molecule has 1 amide bonds. The molecule has 7 heteroatoms. The van der Waals surface area contributed by atoms with Crippen LogP contribution in [0.1, 0.15) is 32.2 Å². The van der Waals surface area contributed by atoms with Gasteiger partial charge >= 0.3 is 0 Å². The van der Waals surface area contributed by atoms with Crippen LogP contribution in [-0.4, -0.2) is 16.0 Å². The van der Waals surface area contributed by atoms with Gasteiger partial charge in [-0.1, -0.05) is 5.16 Å². The van der Waals surface area contributed by atoms with Crippen LogP contribution in [0.25, 0.3) is 10.2 Å². The Hall–Kier alpha value is -2.41. The molecule has 3 aromatic heterocycles. The molecule has 0 radical (unpaired) electrons. The molecule has 0 aliphatic heterocycles. The lowest BCUT2D eigenvalue weighted by atomic mass is 10.1. The molecule has 3 N–H and O–H groups in total. The molecule has 3 heterocycles. The summed E-state index contributed by atoms with van der Waals surface area (Å²) in [7, 11) is 0. The highest BCUT2D eigenvalue weighted by atomic mass is 32.1. The number of carbonyl (C=O) groups is 1. The number of thiophene rings is 1. The number of carbonyl (C=O) groups excluding carboxylic acids is 1. The van der Waals surface area contributed by atoms with Gasteiger partial charge in [0.05, 0.1) is 11.4 Å². The van der Waals surface area contributed by atoms with Crippen LogP contribution in [-0.2, 0) is 0 Å². The second kappa shape index (κ2) is 5.10. The number of anilines is 2. The van der Waals surface area contributed by atoms with Crippen LogP contribution < -0.4 is 11.1 Å². The zero-order valence-corrected chi connectivity index (χ0v) is 13.6. The number of nitrogen functional groups attached to an aromatic ring is 1. The predicted octanol–water partition coefficient (Wildman–Crippen LogP) is 3.35. The summed E-state index contributed by atoms with van der Waals surface area (Å²) in [6, 6.07) is 1.65. The zero-order chi connectivity index (χ0) is 16.0. The number of hydrogen-bond donors (Lipinski definition) is 2. The Morgan fingerprint density at radius 3 is 2.64 bits per heavy atom. The first-order valence-electron chi connectivity index (χ1n) is 6.79. The Morgan fingerprint density at radius 1 is 1.27 bits per heavy atom. The van der Waals surface area contributed by atoms with Crippen LogP contribution in [0.2, 0.25) is 0 Å². The Balaban J connectivity index is 2.06. The summed E-state index contributed by atoms with van der Waals surface area (Å²) in [5.74, 6) is -0.0113. The Bertz CT molecular complexity index is 895. The van der Waals surface area contributed by atoms with Gasteiger partial charge in [0.15, 0.2) is 0 Å². The van der Waals surface area contributed by atoms with Crippen LogP contribution in [0.15, 0.2) is 10.6 Å². The second-order valence-electron chi connectivity index (χ2n) is 5.26. The fourth-order valence-electron chi connectivity index (χ4n) is 2.33. The maximum absolute atomic E-state index is 12.4. The highest BCUT2D eigenvalue weighted by Gasteiger charge is 2.21. The van der Waals surface area contributed by atoms with Crippen molar-refractivity contribution in [3.63, 3.8) is 0 Å². The normalized spacial score (nSPS) is 11.1. The predicted molar refractivity (Wildman–Crippen MR) is 87.4 cm³/mol. The van der Waals surface area contributed by atoms with Crippen molar-refractivity contribution in [2.45, 2.75) is 27.7 Å². The van der Waals surface area contributed by atoms with Crippen LogP contribution >= 0.6 is 11.3 Å². The standard InChI is InChI=1S/C15H16N4O2S/c1-6-5-10(21-19-6)18-14(20)13-12(16)11-8(3)7(2)9(4)17-15(11)22-13/h5H,16H2,1-4H3,(H,18,20). The highest BCUT2D eigenvalue weighted by molar-refractivity contribution is 7.21. The SMILES string of the molecule is Cc1cc(NC(=O)c2sc3nc(C)c(C)c(C)c3c2N)on1. The van der Waals surface area contributed by atoms with Gasteiger partial charge in [-0.15, -0.1) is 11.3 Å². The average molecular weight is 316 g/mol. The molecular weight excluding hydrogens is 300 g/mol. The summed E-state index contributed by atoms with van der Waals surface area (Å²) in [6.07, 6.45) is 0. The quantitative estimate of drug-likeness (QED) is 0.756. The van der Waals surface area contributed by atoms with Crippen molar-refractivity contribution in [1.29, 1.82) is 0 Å². The molecule has 0 aliphatic carbocycles. The first-order valence-corrected chi connectivity index (χ1v) is 7.60. The van der Waals surface area contributed by atoms with E-state index in [1.165, 1.54) is 11.3 Å². The van der Waals surface area contributed by atoms with Crippen molar-refractivity contribution in [2.75, 3.05) is 11.1 Å². The third kappa shape index (κ3) is 2.23. The molecule has 0 fully saturated rings. The highest BCUT2D eigenvalue weighted by Crippen LogP contribution is 2.36. The minimum absolute atomic E-state index is 0.302. The second-order valence-corrected chi connectivity index (χ2v) is 6.26. The number of nitrogens with zero attached hydrogens (tertiary/aromatic N) is 2. The van der Waals surface area contributed by atoms with Crippen LogP contribution in [0.5, 0.6) is 0 Å². The number of hydrogen-bond acceptors (Lipinski definition) is 6. The van der Waals surface area contributed by atoms with Crippen molar-refractivity contribution < 1.29 is 9.32 Å². The van der Waals surface area contributed by atoms with Gasteiger partial charge in [-0.3, -0.25) is 10.1 Å². The van der Waals surface area contributed by atoms with E-state index >= 15 is 0 Å². The molecule has 6 nitrogen and oxygen atoms in total. The summed E-state index contributed by atoms with van der Waals surface area (Å²) in [5, 5.41) is 7.25. The number of aryl methyl sites for hydroxylation is 3. The monoisotopic (exact) mass is 316 g/mol. The van der Waals surface area contributed by atoms with Crippen LogP contribution in [0, 0.1) is 27.7 Å². The van der Waals surface area contributed by atoms with Gasteiger partial charge in [0.1, 0.15) is 9.71 Å². The van der Waals surface area contributed by atoms with Crippen molar-refractivity contribution in [2.24, 2.45) is 0 Å². The van der Waals surface area contributed by atoms with Crippen molar-refractivity contribution >= 4 is 39.0 Å². The van der Waals surface area contributed by atoms with E-state index in [1.54, 1.807) is 13.0 Å². The Morgan fingerprint density at radius 2 is 2.00 bits per heavy atom. The molecule has 3 rings (SSSR count). The van der Waals surface area contributed by atoms with Crippen molar-refractivity contribution in [1.82, 2.24) is 10.1 Å². The smallest absolute Gasteiger partial charge is 0.270 e. The lowest BCUT2D eigenvalue weighted by Crippen LogP contribution is -2.11. The molecule has 0 unspecified atom stereocenters. The first-order chi connectivity index (χ1) is 10.4. The molecule has 0 aliphatic rings. The molecule has 22 heavy (non-hydrogen) atoms. The number of pyridine rings is 1. The fourth-order valence-corrected chi connectivity index (χ4v) is 3.42. The summed E-state index contributed by atoms with van der Waals surface area (Å²) in [6.45, 7) is 7.74. The van der Waals surface area contributed by atoms with Crippen molar-refractivity contribution in [3.8, 4) is 0 Å². The van der Waals surface area contributed by atoms with Gasteiger partial charge in [0, 0.05) is 17.1 Å². The molecule has 0 saturated heterocycles. The minimum Gasteiger partial charge on any atom is -0.397 e. The third-order valence-corrected chi connectivity index (χ3v) is 4.85. The summed E-state index contributed by atoms with van der Waals surface area (Å²) < 4.78 is 5.00. The number of rotatable bonds is 2. The van der Waals surface area contributed by atoms with E-state index in [0.29, 0.717) is 22.1 Å². The molecule has 0 saturated carbocycles. The average Bonchev–Trinajstić information content (AvgIpc) is 3.00. The van der Waals surface area contributed by atoms with Crippen LogP contribution in [0.4, 0.5) is 11.6 Å². The van der Waals surface area contributed by atoms with E-state index in [1.807, 2.05) is 20.8 Å². The Kier molecular flexibility index (Phi) is 3.37. The van der Waals surface area contributed by atoms with E-state index in [4.69, 9.17) is 10.3 Å². The number of aromatic nitrogens is 2. The number of nitrogens with one attached hydrogen (secondary N) is 1. The van der Waals surface area contributed by atoms with E-state index in [9.17, 15) is 4.79 Å². The zero-order valence-electron chi connectivity index (χ0n) is 12.8. The van der Waals surface area contributed by atoms with Gasteiger partial charge in [0.2, 0.25) is 5.88 Å². The maximum Gasteiger partial charge on any atom is 0.270 e. The summed E-state index contributed by atoms with van der Waals surface area (Å²) in [4.78, 5) is 18.1. The van der Waals surface area contributed by atoms with Gasteiger partial charge < -0.3 is 10.3 Å². The number of amides is 1. The number of fused-ring (bicyclic) bond motifs is 1.